The molecule has 0 saturated carbocycles. The molecule has 0 unspecified atom stereocenters. The Balaban J connectivity index is 3.40. The van der Waals surface area contributed by atoms with Crippen molar-refractivity contribution in [2.24, 2.45) is 0 Å². The van der Waals surface area contributed by atoms with E-state index in [2.05, 4.69) is 0 Å². The molecule has 0 aromatic heterocycles. The third kappa shape index (κ3) is 3.05. The van der Waals surface area contributed by atoms with Crippen molar-refractivity contribution in [2.45, 2.75) is 5.75 Å². The molecule has 0 radical (unpaired) electrons. The zero-order valence-corrected chi connectivity index (χ0v) is 10.2. The Labute approximate surface area is 97.0 Å². The number of nitrogens with zero attached hydrogens (tertiary/aromatic N) is 1. The van der Waals surface area contributed by atoms with Gasteiger partial charge in [-0.2, -0.15) is 0 Å². The Morgan fingerprint density at radius 2 is 1.75 bits per heavy atom. The summed E-state index contributed by atoms with van der Waals surface area (Å²) in [5.41, 5.74) is -0.371. The Kier molecular flexibility index (Phi) is 3.75. The lowest BCUT2D eigenvalue weighted by Gasteiger charge is -2.18. The van der Waals surface area contributed by atoms with E-state index >= 15 is 0 Å². The summed E-state index contributed by atoms with van der Waals surface area (Å²) in [5.74, 6) is -2.23. The highest BCUT2D eigenvalue weighted by atomic mass is 35.7. The molecule has 0 saturated heterocycles. The first kappa shape index (κ1) is 13.2. The van der Waals surface area contributed by atoms with Crippen LogP contribution in [0.15, 0.2) is 12.1 Å². The fourth-order valence-electron chi connectivity index (χ4n) is 1.38. The van der Waals surface area contributed by atoms with E-state index in [-0.39, 0.29) is 11.3 Å². The van der Waals surface area contributed by atoms with Crippen LogP contribution in [0.4, 0.5) is 14.5 Å². The van der Waals surface area contributed by atoms with Crippen molar-refractivity contribution in [3.05, 3.63) is 29.3 Å². The van der Waals surface area contributed by atoms with E-state index in [0.29, 0.717) is 0 Å². The summed E-state index contributed by atoms with van der Waals surface area (Å²) >= 11 is 0. The van der Waals surface area contributed by atoms with Gasteiger partial charge in [0, 0.05) is 30.3 Å². The second-order valence-electron chi connectivity index (χ2n) is 3.43. The molecular formula is C9H10ClF2NO2S. The minimum Gasteiger partial charge on any atom is -0.375 e. The van der Waals surface area contributed by atoms with Crippen molar-refractivity contribution in [2.75, 3.05) is 19.0 Å². The number of rotatable bonds is 3. The largest absolute Gasteiger partial charge is 0.375 e. The van der Waals surface area contributed by atoms with Gasteiger partial charge < -0.3 is 4.90 Å². The minimum absolute atomic E-state index is 0.107. The maximum atomic E-state index is 13.4. The molecule has 0 spiro atoms. The van der Waals surface area contributed by atoms with E-state index in [0.717, 1.165) is 12.1 Å². The number of hydrogen-bond acceptors (Lipinski definition) is 3. The molecule has 0 N–H and O–H groups in total. The first-order valence-corrected chi connectivity index (χ1v) is 6.76. The molecule has 0 aliphatic rings. The zero-order valence-electron chi connectivity index (χ0n) is 8.67. The van der Waals surface area contributed by atoms with Crippen molar-refractivity contribution >= 4 is 25.4 Å². The van der Waals surface area contributed by atoms with Crippen LogP contribution < -0.4 is 4.90 Å². The summed E-state index contributed by atoms with van der Waals surface area (Å²) < 4.78 is 48.6. The van der Waals surface area contributed by atoms with Crippen molar-refractivity contribution in [3.8, 4) is 0 Å². The molecule has 1 aromatic rings. The molecular weight excluding hydrogens is 260 g/mol. The van der Waals surface area contributed by atoms with Crippen molar-refractivity contribution in [1.82, 2.24) is 0 Å². The number of halogens is 3. The monoisotopic (exact) mass is 269 g/mol. The van der Waals surface area contributed by atoms with Gasteiger partial charge in [-0.15, -0.1) is 0 Å². The maximum absolute atomic E-state index is 13.4. The fourth-order valence-corrected chi connectivity index (χ4v) is 2.32. The van der Waals surface area contributed by atoms with Gasteiger partial charge in [0.05, 0.1) is 11.4 Å². The van der Waals surface area contributed by atoms with Crippen molar-refractivity contribution < 1.29 is 17.2 Å². The zero-order chi connectivity index (χ0) is 12.5. The van der Waals surface area contributed by atoms with Crippen LogP contribution in [0.25, 0.3) is 0 Å². The molecule has 3 nitrogen and oxygen atoms in total. The van der Waals surface area contributed by atoms with Crippen LogP contribution >= 0.6 is 10.7 Å². The van der Waals surface area contributed by atoms with Crippen LogP contribution in [-0.4, -0.2) is 22.5 Å². The minimum atomic E-state index is -3.93. The average Bonchev–Trinajstić information content (AvgIpc) is 2.08. The first-order chi connectivity index (χ1) is 7.22. The average molecular weight is 270 g/mol. The lowest BCUT2D eigenvalue weighted by molar-refractivity contribution is 0.583. The van der Waals surface area contributed by atoms with Crippen LogP contribution in [0.3, 0.4) is 0 Å². The summed E-state index contributed by atoms with van der Waals surface area (Å²) in [6.07, 6.45) is 0. The van der Waals surface area contributed by atoms with Gasteiger partial charge in [0.2, 0.25) is 9.05 Å². The van der Waals surface area contributed by atoms with Gasteiger partial charge >= 0.3 is 0 Å². The second kappa shape index (κ2) is 4.55. The van der Waals surface area contributed by atoms with E-state index in [9.17, 15) is 17.2 Å². The molecule has 0 aliphatic carbocycles. The fraction of sp³-hybridized carbons (Fsp3) is 0.333. The van der Waals surface area contributed by atoms with Crippen LogP contribution in [0.1, 0.15) is 5.56 Å². The third-order valence-electron chi connectivity index (χ3n) is 1.94. The number of hydrogen-bond donors (Lipinski definition) is 0. The summed E-state index contributed by atoms with van der Waals surface area (Å²) in [4.78, 5) is 1.30. The molecule has 7 heteroatoms. The van der Waals surface area contributed by atoms with Gasteiger partial charge in [-0.05, 0) is 12.1 Å². The van der Waals surface area contributed by atoms with Crippen LogP contribution in [0.5, 0.6) is 0 Å². The van der Waals surface area contributed by atoms with E-state index < -0.39 is 26.4 Å². The van der Waals surface area contributed by atoms with Gasteiger partial charge in [0.25, 0.3) is 0 Å². The molecule has 0 amide bonds. The molecule has 1 aromatic carbocycles. The van der Waals surface area contributed by atoms with Crippen molar-refractivity contribution in [1.29, 1.82) is 0 Å². The lowest BCUT2D eigenvalue weighted by atomic mass is 10.1. The highest BCUT2D eigenvalue weighted by Gasteiger charge is 2.20. The highest BCUT2D eigenvalue weighted by Crippen LogP contribution is 2.27. The molecule has 0 aliphatic heterocycles. The summed E-state index contributed by atoms with van der Waals surface area (Å²) in [6.45, 7) is 0. The Hall–Kier alpha value is -0.880. The Morgan fingerprint density at radius 3 is 2.19 bits per heavy atom. The quantitative estimate of drug-likeness (QED) is 0.789. The normalized spacial score (nSPS) is 11.6. The predicted molar refractivity (Wildman–Crippen MR) is 59.2 cm³/mol. The molecule has 1 rings (SSSR count). The van der Waals surface area contributed by atoms with Gasteiger partial charge in [-0.25, -0.2) is 17.2 Å². The first-order valence-electron chi connectivity index (χ1n) is 4.29. The van der Waals surface area contributed by atoms with Gasteiger partial charge in [-0.3, -0.25) is 0 Å². The highest BCUT2D eigenvalue weighted by molar-refractivity contribution is 8.13. The predicted octanol–water partition coefficient (Wildman–Crippen LogP) is 2.10. The summed E-state index contributed by atoms with van der Waals surface area (Å²) in [7, 11) is 4.08. The molecule has 0 atom stereocenters. The lowest BCUT2D eigenvalue weighted by Crippen LogP contribution is -2.15. The molecule has 0 heterocycles. The topological polar surface area (TPSA) is 37.4 Å². The van der Waals surface area contributed by atoms with Crippen molar-refractivity contribution in [3.63, 3.8) is 0 Å². The molecule has 90 valence electrons. The third-order valence-corrected chi connectivity index (χ3v) is 2.90. The maximum Gasteiger partial charge on any atom is 0.236 e. The van der Waals surface area contributed by atoms with Gasteiger partial charge in [0.15, 0.2) is 0 Å². The van der Waals surface area contributed by atoms with Crippen LogP contribution in [0, 0.1) is 11.6 Å². The van der Waals surface area contributed by atoms with Crippen LogP contribution in [-0.2, 0) is 14.8 Å². The second-order valence-corrected chi connectivity index (χ2v) is 6.21. The number of anilines is 1. The van der Waals surface area contributed by atoms with E-state index in [4.69, 9.17) is 10.7 Å². The van der Waals surface area contributed by atoms with E-state index in [1.54, 1.807) is 0 Å². The SMILES string of the molecule is CN(C)c1c(F)ccc(F)c1CS(=O)(=O)Cl. The summed E-state index contributed by atoms with van der Waals surface area (Å²) in [6, 6.07) is 1.81. The van der Waals surface area contributed by atoms with Gasteiger partial charge in [-0.1, -0.05) is 0 Å². The van der Waals surface area contributed by atoms with E-state index in [1.807, 2.05) is 0 Å². The van der Waals surface area contributed by atoms with Gasteiger partial charge in [0.1, 0.15) is 11.6 Å². The van der Waals surface area contributed by atoms with E-state index in [1.165, 1.54) is 19.0 Å². The molecule has 0 bridgehead atoms. The van der Waals surface area contributed by atoms with Crippen LogP contribution in [0.2, 0.25) is 0 Å². The Morgan fingerprint density at radius 1 is 1.25 bits per heavy atom. The molecule has 16 heavy (non-hydrogen) atoms. The number of benzene rings is 1. The standard InChI is InChI=1S/C9H10ClF2NO2S/c1-13(2)9-6(5-16(10,14)15)7(11)3-4-8(9)12/h3-4H,5H2,1-2H3. The summed E-state index contributed by atoms with van der Waals surface area (Å²) in [5, 5.41) is 0. The Bertz CT molecular complexity index is 502. The molecule has 0 fully saturated rings. The smallest absolute Gasteiger partial charge is 0.236 e.